The highest BCUT2D eigenvalue weighted by Crippen LogP contribution is 2.53. The van der Waals surface area contributed by atoms with E-state index < -0.39 is 5.60 Å². The molecule has 1 aliphatic heterocycles. The van der Waals surface area contributed by atoms with Gasteiger partial charge < -0.3 is 5.11 Å². The smallest absolute Gasteiger partial charge is 0.0769 e. The molecule has 25 heavy (non-hydrogen) atoms. The van der Waals surface area contributed by atoms with Crippen LogP contribution in [0.25, 0.3) is 0 Å². The lowest BCUT2D eigenvalue weighted by Gasteiger charge is -2.56. The normalized spacial score (nSPS) is 33.1. The molecule has 0 bridgehead atoms. The van der Waals surface area contributed by atoms with Crippen LogP contribution in [-0.2, 0) is 0 Å². The maximum absolute atomic E-state index is 11.7. The predicted octanol–water partition coefficient (Wildman–Crippen LogP) is 4.99. The molecule has 132 valence electrons. The SMILES string of the molecule is C=CCC1(O)C(C)C(c2ccccc2)N(C)C(c2ccccc2)C1C. The summed E-state index contributed by atoms with van der Waals surface area (Å²) in [5.41, 5.74) is 1.73. The molecule has 0 spiro atoms. The van der Waals surface area contributed by atoms with Crippen molar-refractivity contribution >= 4 is 0 Å². The number of piperidine rings is 1. The molecule has 3 rings (SSSR count). The zero-order valence-electron chi connectivity index (χ0n) is 15.5. The highest BCUT2D eigenvalue weighted by Gasteiger charge is 2.52. The first-order valence-electron chi connectivity index (χ1n) is 9.15. The van der Waals surface area contributed by atoms with Gasteiger partial charge in [-0.1, -0.05) is 80.6 Å². The molecule has 2 aromatic rings. The van der Waals surface area contributed by atoms with Gasteiger partial charge in [-0.05, 0) is 24.6 Å². The van der Waals surface area contributed by atoms with Gasteiger partial charge in [-0.25, -0.2) is 0 Å². The molecule has 0 amide bonds. The number of hydrogen-bond donors (Lipinski definition) is 1. The van der Waals surface area contributed by atoms with Crippen molar-refractivity contribution in [3.63, 3.8) is 0 Å². The minimum Gasteiger partial charge on any atom is -0.389 e. The van der Waals surface area contributed by atoms with E-state index in [4.69, 9.17) is 0 Å². The first-order valence-corrected chi connectivity index (χ1v) is 9.15. The van der Waals surface area contributed by atoms with E-state index in [-0.39, 0.29) is 23.9 Å². The van der Waals surface area contributed by atoms with Crippen LogP contribution in [-0.4, -0.2) is 22.7 Å². The number of rotatable bonds is 4. The summed E-state index contributed by atoms with van der Waals surface area (Å²) in [6, 6.07) is 21.4. The minimum atomic E-state index is -0.782. The average molecular weight is 335 g/mol. The zero-order valence-corrected chi connectivity index (χ0v) is 15.5. The predicted molar refractivity (Wildman–Crippen MR) is 104 cm³/mol. The van der Waals surface area contributed by atoms with Crippen LogP contribution in [0.1, 0.15) is 43.5 Å². The molecule has 0 radical (unpaired) electrons. The van der Waals surface area contributed by atoms with E-state index in [2.05, 4.69) is 80.9 Å². The van der Waals surface area contributed by atoms with Gasteiger partial charge in [-0.3, -0.25) is 4.90 Å². The topological polar surface area (TPSA) is 23.5 Å². The fraction of sp³-hybridized carbons (Fsp3) is 0.391. The van der Waals surface area contributed by atoms with Gasteiger partial charge in [0.1, 0.15) is 0 Å². The molecule has 0 aliphatic carbocycles. The van der Waals surface area contributed by atoms with Gasteiger partial charge in [-0.15, -0.1) is 6.58 Å². The van der Waals surface area contributed by atoms with Crippen LogP contribution in [0.2, 0.25) is 0 Å². The average Bonchev–Trinajstić information content (AvgIpc) is 2.63. The van der Waals surface area contributed by atoms with Gasteiger partial charge in [-0.2, -0.15) is 0 Å². The molecular weight excluding hydrogens is 306 g/mol. The molecule has 1 saturated heterocycles. The van der Waals surface area contributed by atoms with E-state index in [0.717, 1.165) is 0 Å². The van der Waals surface area contributed by atoms with Crippen molar-refractivity contribution in [3.05, 3.63) is 84.4 Å². The molecule has 2 aromatic carbocycles. The van der Waals surface area contributed by atoms with Crippen molar-refractivity contribution in [1.82, 2.24) is 4.90 Å². The number of aliphatic hydroxyl groups is 1. The van der Waals surface area contributed by atoms with Gasteiger partial charge in [0, 0.05) is 23.9 Å². The second-order valence-corrected chi connectivity index (χ2v) is 7.44. The Balaban J connectivity index is 2.11. The first kappa shape index (κ1) is 17.9. The van der Waals surface area contributed by atoms with E-state index in [9.17, 15) is 5.11 Å². The van der Waals surface area contributed by atoms with Crippen molar-refractivity contribution in [2.24, 2.45) is 11.8 Å². The van der Waals surface area contributed by atoms with Crippen molar-refractivity contribution in [2.45, 2.75) is 38.0 Å². The summed E-state index contributed by atoms with van der Waals surface area (Å²) >= 11 is 0. The van der Waals surface area contributed by atoms with E-state index in [1.54, 1.807) is 0 Å². The highest BCUT2D eigenvalue weighted by atomic mass is 16.3. The largest absolute Gasteiger partial charge is 0.389 e. The Morgan fingerprint density at radius 1 is 0.920 bits per heavy atom. The lowest BCUT2D eigenvalue weighted by molar-refractivity contribution is -0.152. The molecular formula is C23H29NO. The molecule has 4 atom stereocenters. The van der Waals surface area contributed by atoms with E-state index in [0.29, 0.717) is 6.42 Å². The Kier molecular flexibility index (Phi) is 5.12. The first-order chi connectivity index (χ1) is 12.0. The summed E-state index contributed by atoms with van der Waals surface area (Å²) in [6.45, 7) is 8.26. The van der Waals surface area contributed by atoms with Crippen molar-refractivity contribution < 1.29 is 5.11 Å². The van der Waals surface area contributed by atoms with E-state index >= 15 is 0 Å². The molecule has 2 heteroatoms. The number of benzene rings is 2. The van der Waals surface area contributed by atoms with Crippen molar-refractivity contribution in [1.29, 1.82) is 0 Å². The second-order valence-electron chi connectivity index (χ2n) is 7.44. The Hall–Kier alpha value is -1.90. The zero-order chi connectivity index (χ0) is 18.0. The van der Waals surface area contributed by atoms with Crippen LogP contribution in [0.4, 0.5) is 0 Å². The number of hydrogen-bond acceptors (Lipinski definition) is 2. The summed E-state index contributed by atoms with van der Waals surface area (Å²) in [4.78, 5) is 2.44. The lowest BCUT2D eigenvalue weighted by Crippen LogP contribution is -2.57. The standard InChI is InChI=1S/C23H29NO/c1-5-16-23(25)17(2)21(19-12-8-6-9-13-19)24(4)22(18(23)3)20-14-10-7-11-15-20/h5-15,17-18,21-22,25H,1,16H2,2-4H3. The monoisotopic (exact) mass is 335 g/mol. The minimum absolute atomic E-state index is 0.105. The molecule has 1 aliphatic rings. The van der Waals surface area contributed by atoms with Gasteiger partial charge in [0.15, 0.2) is 0 Å². The van der Waals surface area contributed by atoms with E-state index in [1.165, 1.54) is 11.1 Å². The summed E-state index contributed by atoms with van der Waals surface area (Å²) in [5, 5.41) is 11.7. The molecule has 2 nitrogen and oxygen atoms in total. The summed E-state index contributed by atoms with van der Waals surface area (Å²) in [6.07, 6.45) is 2.47. The van der Waals surface area contributed by atoms with Crippen molar-refractivity contribution in [3.8, 4) is 0 Å². The molecule has 1 fully saturated rings. The summed E-state index contributed by atoms with van der Waals surface area (Å²) in [5.74, 6) is 0.209. The van der Waals surface area contributed by atoms with E-state index in [1.807, 2.05) is 18.2 Å². The summed E-state index contributed by atoms with van der Waals surface area (Å²) < 4.78 is 0. The third kappa shape index (κ3) is 3.05. The van der Waals surface area contributed by atoms with Crippen molar-refractivity contribution in [2.75, 3.05) is 7.05 Å². The van der Waals surface area contributed by atoms with Crippen LogP contribution in [0, 0.1) is 11.8 Å². The Morgan fingerprint density at radius 2 is 1.32 bits per heavy atom. The van der Waals surface area contributed by atoms with Gasteiger partial charge in [0.05, 0.1) is 5.60 Å². The maximum Gasteiger partial charge on any atom is 0.0769 e. The second kappa shape index (κ2) is 7.15. The summed E-state index contributed by atoms with van der Waals surface area (Å²) in [7, 11) is 2.19. The quantitative estimate of drug-likeness (QED) is 0.795. The maximum atomic E-state index is 11.7. The molecule has 0 saturated carbocycles. The van der Waals surface area contributed by atoms with Gasteiger partial charge in [0.2, 0.25) is 0 Å². The Bertz CT molecular complexity index is 643. The lowest BCUT2D eigenvalue weighted by atomic mass is 9.64. The van der Waals surface area contributed by atoms with Gasteiger partial charge in [0.25, 0.3) is 0 Å². The molecule has 0 aromatic heterocycles. The third-order valence-corrected chi connectivity index (χ3v) is 6.16. The Morgan fingerprint density at radius 3 is 1.68 bits per heavy atom. The van der Waals surface area contributed by atoms with Crippen LogP contribution >= 0.6 is 0 Å². The Labute approximate surface area is 151 Å². The molecule has 1 heterocycles. The number of nitrogens with zero attached hydrogens (tertiary/aromatic N) is 1. The van der Waals surface area contributed by atoms with Crippen LogP contribution < -0.4 is 0 Å². The van der Waals surface area contributed by atoms with Crippen LogP contribution in [0.15, 0.2) is 73.3 Å². The van der Waals surface area contributed by atoms with Gasteiger partial charge >= 0.3 is 0 Å². The molecule has 4 unspecified atom stereocenters. The van der Waals surface area contributed by atoms with Crippen LogP contribution in [0.3, 0.4) is 0 Å². The third-order valence-electron chi connectivity index (χ3n) is 6.16. The van der Waals surface area contributed by atoms with Crippen LogP contribution in [0.5, 0.6) is 0 Å². The fourth-order valence-corrected chi connectivity index (χ4v) is 4.79. The fourth-order valence-electron chi connectivity index (χ4n) is 4.79. The molecule has 1 N–H and O–H groups in total. The highest BCUT2D eigenvalue weighted by molar-refractivity contribution is 5.28. The number of likely N-dealkylation sites (tertiary alicyclic amines) is 1.